The first-order valence-corrected chi connectivity index (χ1v) is 12.4. The normalized spacial score (nSPS) is 17.1. The Labute approximate surface area is 228 Å². The summed E-state index contributed by atoms with van der Waals surface area (Å²) in [5, 5.41) is 10.6. The maximum absolute atomic E-state index is 13.2. The van der Waals surface area contributed by atoms with Crippen LogP contribution in [0.4, 0.5) is 5.69 Å². The summed E-state index contributed by atoms with van der Waals surface area (Å²) in [7, 11) is 0. The van der Waals surface area contributed by atoms with Crippen molar-refractivity contribution in [3.63, 3.8) is 0 Å². The number of carbonyl (C=O) groups is 4. The highest BCUT2D eigenvalue weighted by atomic mass is 35.5. The Hall–Kier alpha value is -2.83. The number of thiocarbonyl (C=S) groups is 1. The standard InChI is InChI=1S/C22H14Cl3N3O6S2/c1-9-2-3-14-10(4-9)18(20(32)27(14)7-17(30)31)19-21(33)28(22(35)36-19)26-16(29)8-34-15-6-12(24)11(23)5-13(15)25/h2-6H,7-8H2,1H3,(H,26,29)(H,30,31)/b19-18-. The molecule has 0 unspecified atom stereocenters. The van der Waals surface area contributed by atoms with Gasteiger partial charge in [0.25, 0.3) is 17.7 Å². The van der Waals surface area contributed by atoms with Gasteiger partial charge in [0.1, 0.15) is 12.3 Å². The number of fused-ring (bicyclic) bond motifs is 1. The molecule has 1 fully saturated rings. The van der Waals surface area contributed by atoms with Crippen LogP contribution in [0.1, 0.15) is 11.1 Å². The third-order valence-corrected chi connectivity index (χ3v) is 7.42. The van der Waals surface area contributed by atoms with E-state index in [1.54, 1.807) is 25.1 Å². The molecule has 2 aliphatic rings. The molecule has 2 heterocycles. The van der Waals surface area contributed by atoms with Crippen molar-refractivity contribution in [2.24, 2.45) is 0 Å². The molecule has 4 rings (SSSR count). The topological polar surface area (TPSA) is 116 Å². The van der Waals surface area contributed by atoms with Gasteiger partial charge in [-0.25, -0.2) is 0 Å². The lowest BCUT2D eigenvalue weighted by Crippen LogP contribution is -2.46. The monoisotopic (exact) mass is 585 g/mol. The Morgan fingerprint density at radius 1 is 1.08 bits per heavy atom. The van der Waals surface area contributed by atoms with Gasteiger partial charge in [-0.3, -0.25) is 29.5 Å². The number of aliphatic carboxylic acids is 1. The second kappa shape index (κ2) is 10.3. The van der Waals surface area contributed by atoms with Gasteiger partial charge < -0.3 is 9.84 Å². The number of halogens is 3. The van der Waals surface area contributed by atoms with Gasteiger partial charge in [-0.2, -0.15) is 5.01 Å². The zero-order valence-electron chi connectivity index (χ0n) is 18.1. The molecule has 0 spiro atoms. The van der Waals surface area contributed by atoms with Crippen molar-refractivity contribution in [2.75, 3.05) is 18.1 Å². The number of anilines is 1. The van der Waals surface area contributed by atoms with E-state index in [4.69, 9.17) is 51.8 Å². The van der Waals surface area contributed by atoms with Crippen molar-refractivity contribution in [1.82, 2.24) is 10.4 Å². The Morgan fingerprint density at radius 3 is 2.47 bits per heavy atom. The van der Waals surface area contributed by atoms with E-state index >= 15 is 0 Å². The number of hydrogen-bond donors (Lipinski definition) is 2. The zero-order valence-corrected chi connectivity index (χ0v) is 22.0. The van der Waals surface area contributed by atoms with E-state index in [0.29, 0.717) is 11.3 Å². The number of rotatable bonds is 6. The Balaban J connectivity index is 1.56. The van der Waals surface area contributed by atoms with Crippen LogP contribution in [0.15, 0.2) is 35.2 Å². The predicted molar refractivity (Wildman–Crippen MR) is 140 cm³/mol. The maximum Gasteiger partial charge on any atom is 0.323 e. The number of carboxylic acid groups (broad SMARTS) is 1. The fourth-order valence-electron chi connectivity index (χ4n) is 3.49. The van der Waals surface area contributed by atoms with Crippen molar-refractivity contribution in [1.29, 1.82) is 0 Å². The summed E-state index contributed by atoms with van der Waals surface area (Å²) in [6, 6.07) is 7.74. The number of aryl methyl sites for hydroxylation is 1. The van der Waals surface area contributed by atoms with Crippen molar-refractivity contribution in [2.45, 2.75) is 6.92 Å². The number of nitrogens with zero attached hydrogens (tertiary/aromatic N) is 2. The van der Waals surface area contributed by atoms with Crippen molar-refractivity contribution >= 4 is 98.1 Å². The minimum absolute atomic E-state index is 0.0166. The predicted octanol–water partition coefficient (Wildman–Crippen LogP) is 4.07. The summed E-state index contributed by atoms with van der Waals surface area (Å²) in [4.78, 5) is 51.2. The molecule has 0 saturated carbocycles. The molecular weight excluding hydrogens is 573 g/mol. The van der Waals surface area contributed by atoms with Crippen LogP contribution in [0.3, 0.4) is 0 Å². The number of benzene rings is 2. The van der Waals surface area contributed by atoms with Gasteiger partial charge in [-0.05, 0) is 37.3 Å². The summed E-state index contributed by atoms with van der Waals surface area (Å²) in [6.45, 7) is 0.686. The van der Waals surface area contributed by atoms with E-state index in [2.05, 4.69) is 5.43 Å². The first kappa shape index (κ1) is 26.2. The molecule has 0 aromatic heterocycles. The van der Waals surface area contributed by atoms with E-state index in [-0.39, 0.29) is 35.6 Å². The summed E-state index contributed by atoms with van der Waals surface area (Å²) >= 11 is 23.9. The highest BCUT2D eigenvalue weighted by Gasteiger charge is 2.43. The van der Waals surface area contributed by atoms with E-state index in [1.807, 2.05) is 0 Å². The molecule has 2 N–H and O–H groups in total. The Kier molecular flexibility index (Phi) is 7.48. The molecule has 2 aromatic rings. The molecule has 2 aromatic carbocycles. The van der Waals surface area contributed by atoms with Crippen LogP contribution in [0.25, 0.3) is 5.57 Å². The van der Waals surface area contributed by atoms with Crippen molar-refractivity contribution in [3.05, 3.63) is 61.4 Å². The largest absolute Gasteiger partial charge is 0.482 e. The number of carboxylic acids is 1. The molecule has 0 atom stereocenters. The minimum Gasteiger partial charge on any atom is -0.482 e. The SMILES string of the molecule is Cc1ccc2c(c1)/C(=C1/SC(=S)N(NC(=O)COc3cc(Cl)c(Cl)cc3Cl)C1=O)C(=O)N2CC(=O)O. The van der Waals surface area contributed by atoms with Crippen LogP contribution in [0.5, 0.6) is 5.75 Å². The molecule has 2 aliphatic heterocycles. The average molecular weight is 587 g/mol. The number of hydrazine groups is 1. The van der Waals surface area contributed by atoms with Crippen LogP contribution in [0, 0.1) is 6.92 Å². The van der Waals surface area contributed by atoms with Gasteiger partial charge >= 0.3 is 5.97 Å². The molecule has 186 valence electrons. The number of amides is 3. The lowest BCUT2D eigenvalue weighted by Gasteiger charge is -2.16. The third-order valence-electron chi connectivity index (χ3n) is 5.03. The number of carbonyl (C=O) groups excluding carboxylic acids is 3. The fraction of sp³-hybridized carbons (Fsp3) is 0.136. The third kappa shape index (κ3) is 5.02. The van der Waals surface area contributed by atoms with Gasteiger partial charge in [-0.1, -0.05) is 58.2 Å². The van der Waals surface area contributed by atoms with Crippen LogP contribution >= 0.6 is 58.8 Å². The average Bonchev–Trinajstić information content (AvgIpc) is 3.22. The lowest BCUT2D eigenvalue weighted by atomic mass is 10.0. The minimum atomic E-state index is -1.21. The number of thioether (sulfide) groups is 1. The molecule has 0 aliphatic carbocycles. The molecular formula is C22H14Cl3N3O6S2. The molecule has 3 amide bonds. The van der Waals surface area contributed by atoms with E-state index in [9.17, 15) is 24.3 Å². The van der Waals surface area contributed by atoms with E-state index in [0.717, 1.165) is 27.2 Å². The van der Waals surface area contributed by atoms with Crippen LogP contribution < -0.4 is 15.1 Å². The van der Waals surface area contributed by atoms with E-state index in [1.165, 1.54) is 12.1 Å². The second-order valence-electron chi connectivity index (χ2n) is 7.54. The first-order valence-electron chi connectivity index (χ1n) is 10.00. The lowest BCUT2D eigenvalue weighted by molar-refractivity contribution is -0.136. The number of nitrogens with one attached hydrogen (secondary N) is 1. The summed E-state index contributed by atoms with van der Waals surface area (Å²) in [5.74, 6) is -3.23. The zero-order chi connectivity index (χ0) is 26.3. The molecule has 14 heteroatoms. The Bertz CT molecular complexity index is 1400. The van der Waals surface area contributed by atoms with Crippen molar-refractivity contribution < 1.29 is 29.0 Å². The summed E-state index contributed by atoms with van der Waals surface area (Å²) in [5.41, 5.74) is 3.94. The summed E-state index contributed by atoms with van der Waals surface area (Å²) < 4.78 is 5.34. The highest BCUT2D eigenvalue weighted by Crippen LogP contribution is 2.44. The second-order valence-corrected chi connectivity index (χ2v) is 10.4. The van der Waals surface area contributed by atoms with Gasteiger partial charge in [0.2, 0.25) is 0 Å². The smallest absolute Gasteiger partial charge is 0.323 e. The molecule has 0 radical (unpaired) electrons. The van der Waals surface area contributed by atoms with Crippen LogP contribution in [-0.2, 0) is 19.2 Å². The first-order chi connectivity index (χ1) is 17.0. The maximum atomic E-state index is 13.2. The molecule has 36 heavy (non-hydrogen) atoms. The van der Waals surface area contributed by atoms with Gasteiger partial charge in [-0.15, -0.1) is 0 Å². The van der Waals surface area contributed by atoms with Gasteiger partial charge in [0.15, 0.2) is 10.9 Å². The highest BCUT2D eigenvalue weighted by molar-refractivity contribution is 8.26. The summed E-state index contributed by atoms with van der Waals surface area (Å²) in [6.07, 6.45) is 0. The fourth-order valence-corrected chi connectivity index (χ4v) is 5.33. The number of hydrogen-bond acceptors (Lipinski definition) is 7. The Morgan fingerprint density at radius 2 is 1.78 bits per heavy atom. The molecule has 0 bridgehead atoms. The quantitative estimate of drug-likeness (QED) is 0.296. The van der Waals surface area contributed by atoms with Crippen molar-refractivity contribution in [3.8, 4) is 5.75 Å². The van der Waals surface area contributed by atoms with Gasteiger partial charge in [0, 0.05) is 11.6 Å². The molecule has 1 saturated heterocycles. The van der Waals surface area contributed by atoms with Crippen LogP contribution in [-0.4, -0.2) is 51.3 Å². The van der Waals surface area contributed by atoms with Crippen LogP contribution in [0.2, 0.25) is 15.1 Å². The molecule has 9 nitrogen and oxygen atoms in total. The number of ether oxygens (including phenoxy) is 1. The van der Waals surface area contributed by atoms with Gasteiger partial charge in [0.05, 0.1) is 31.2 Å². The van der Waals surface area contributed by atoms with E-state index < -0.39 is 36.8 Å².